The summed E-state index contributed by atoms with van der Waals surface area (Å²) in [5, 5.41) is 8.30. The number of amides is 2. The fourth-order valence-corrected chi connectivity index (χ4v) is 2.89. The first-order chi connectivity index (χ1) is 10.7. The molecule has 3 rings (SSSR count). The summed E-state index contributed by atoms with van der Waals surface area (Å²) in [6, 6.07) is 3.73. The highest BCUT2D eigenvalue weighted by Crippen LogP contribution is 2.25. The fraction of sp³-hybridized carbons (Fsp3) is 0.286. The van der Waals surface area contributed by atoms with Crippen molar-refractivity contribution in [2.45, 2.75) is 0 Å². The highest BCUT2D eigenvalue weighted by Gasteiger charge is 2.20. The maximum Gasteiger partial charge on any atom is 0.245 e. The third-order valence-electron chi connectivity index (χ3n) is 3.22. The standard InChI is InChI=1S/C14H15N5O2S/c20-12(8-19-6-5-16-7-13(19)21)17-11-9-22-14(18-11)10-1-3-15-4-2-10/h1-4,9,16H,5-8H2,(H,17,20). The predicted molar refractivity (Wildman–Crippen MR) is 83.4 cm³/mol. The number of hydrogen-bond donors (Lipinski definition) is 2. The summed E-state index contributed by atoms with van der Waals surface area (Å²) < 4.78 is 0. The van der Waals surface area contributed by atoms with Crippen molar-refractivity contribution < 1.29 is 9.59 Å². The average molecular weight is 317 g/mol. The number of anilines is 1. The number of piperazine rings is 1. The maximum atomic E-state index is 12.0. The van der Waals surface area contributed by atoms with Crippen LogP contribution in [0.2, 0.25) is 0 Å². The van der Waals surface area contributed by atoms with Crippen LogP contribution in [0, 0.1) is 0 Å². The normalized spacial score (nSPS) is 14.9. The van der Waals surface area contributed by atoms with E-state index in [0.717, 1.165) is 10.6 Å². The molecule has 3 heterocycles. The van der Waals surface area contributed by atoms with Crippen LogP contribution in [-0.4, -0.2) is 52.9 Å². The van der Waals surface area contributed by atoms with Crippen molar-refractivity contribution in [1.29, 1.82) is 0 Å². The van der Waals surface area contributed by atoms with Gasteiger partial charge in [-0.05, 0) is 12.1 Å². The largest absolute Gasteiger partial charge is 0.331 e. The Morgan fingerprint density at radius 1 is 1.41 bits per heavy atom. The van der Waals surface area contributed by atoms with Gasteiger partial charge in [0.1, 0.15) is 10.8 Å². The fourth-order valence-electron chi connectivity index (χ4n) is 2.13. The van der Waals surface area contributed by atoms with Gasteiger partial charge >= 0.3 is 0 Å². The Balaban J connectivity index is 1.60. The molecule has 0 unspecified atom stereocenters. The van der Waals surface area contributed by atoms with E-state index in [0.29, 0.717) is 18.9 Å². The Morgan fingerprint density at radius 2 is 2.23 bits per heavy atom. The SMILES string of the molecule is O=C(CN1CCNCC1=O)Nc1csc(-c2ccncc2)n1. The molecule has 0 atom stereocenters. The van der Waals surface area contributed by atoms with Crippen LogP contribution in [0.4, 0.5) is 5.82 Å². The van der Waals surface area contributed by atoms with Crippen molar-refractivity contribution in [3.05, 3.63) is 29.9 Å². The van der Waals surface area contributed by atoms with E-state index >= 15 is 0 Å². The lowest BCUT2D eigenvalue weighted by molar-refractivity contribution is -0.135. The van der Waals surface area contributed by atoms with Crippen LogP contribution >= 0.6 is 11.3 Å². The van der Waals surface area contributed by atoms with Crippen LogP contribution in [0.5, 0.6) is 0 Å². The molecule has 0 aliphatic carbocycles. The molecule has 0 bridgehead atoms. The summed E-state index contributed by atoms with van der Waals surface area (Å²) >= 11 is 1.45. The van der Waals surface area contributed by atoms with Crippen LogP contribution in [0.3, 0.4) is 0 Å². The second kappa shape index (κ2) is 6.63. The van der Waals surface area contributed by atoms with Crippen LogP contribution < -0.4 is 10.6 Å². The molecule has 1 fully saturated rings. The van der Waals surface area contributed by atoms with E-state index in [2.05, 4.69) is 20.6 Å². The second-order valence-electron chi connectivity index (χ2n) is 4.81. The van der Waals surface area contributed by atoms with Gasteiger partial charge in [0.15, 0.2) is 0 Å². The number of pyridine rings is 1. The first-order valence-corrected chi connectivity index (χ1v) is 7.74. The summed E-state index contributed by atoms with van der Waals surface area (Å²) in [5.74, 6) is 0.211. The minimum absolute atomic E-state index is 0.0582. The molecule has 2 N–H and O–H groups in total. The maximum absolute atomic E-state index is 12.0. The Morgan fingerprint density at radius 3 is 3.00 bits per heavy atom. The van der Waals surface area contributed by atoms with Crippen molar-refractivity contribution in [3.8, 4) is 10.6 Å². The van der Waals surface area contributed by atoms with E-state index in [1.165, 1.54) is 11.3 Å². The molecule has 2 aromatic rings. The Bertz CT molecular complexity index is 673. The molecule has 7 nitrogen and oxygen atoms in total. The van der Waals surface area contributed by atoms with E-state index in [4.69, 9.17) is 0 Å². The number of carbonyl (C=O) groups is 2. The number of thiazole rings is 1. The molecule has 0 radical (unpaired) electrons. The van der Waals surface area contributed by atoms with Gasteiger partial charge in [0.05, 0.1) is 13.1 Å². The van der Waals surface area contributed by atoms with Gasteiger partial charge in [-0.2, -0.15) is 0 Å². The van der Waals surface area contributed by atoms with Crippen molar-refractivity contribution in [2.75, 3.05) is 31.5 Å². The van der Waals surface area contributed by atoms with Gasteiger partial charge < -0.3 is 15.5 Å². The summed E-state index contributed by atoms with van der Waals surface area (Å²) in [7, 11) is 0. The van der Waals surface area contributed by atoms with E-state index in [1.54, 1.807) is 22.7 Å². The Hall–Kier alpha value is -2.32. The van der Waals surface area contributed by atoms with Crippen LogP contribution in [0.25, 0.3) is 10.6 Å². The van der Waals surface area contributed by atoms with Gasteiger partial charge in [-0.1, -0.05) is 0 Å². The molecule has 1 aliphatic rings. The first kappa shape index (κ1) is 14.6. The van der Waals surface area contributed by atoms with E-state index in [1.807, 2.05) is 12.1 Å². The number of rotatable bonds is 4. The smallest absolute Gasteiger partial charge is 0.245 e. The molecular weight excluding hydrogens is 302 g/mol. The van der Waals surface area contributed by atoms with Crippen LogP contribution in [-0.2, 0) is 9.59 Å². The molecule has 2 aromatic heterocycles. The van der Waals surface area contributed by atoms with Gasteiger partial charge in [-0.15, -0.1) is 11.3 Å². The molecule has 114 valence electrons. The lowest BCUT2D eigenvalue weighted by Crippen LogP contribution is -2.50. The van der Waals surface area contributed by atoms with Crippen LogP contribution in [0.15, 0.2) is 29.9 Å². The van der Waals surface area contributed by atoms with Gasteiger partial charge in [0.25, 0.3) is 0 Å². The lowest BCUT2D eigenvalue weighted by atomic mass is 10.3. The van der Waals surface area contributed by atoms with Crippen molar-refractivity contribution >= 4 is 29.0 Å². The molecule has 1 saturated heterocycles. The highest BCUT2D eigenvalue weighted by molar-refractivity contribution is 7.13. The van der Waals surface area contributed by atoms with Gasteiger partial charge in [-0.3, -0.25) is 14.6 Å². The summed E-state index contributed by atoms with van der Waals surface area (Å²) in [6.07, 6.45) is 3.40. The molecule has 8 heteroatoms. The molecule has 2 amide bonds. The van der Waals surface area contributed by atoms with E-state index < -0.39 is 0 Å². The van der Waals surface area contributed by atoms with Gasteiger partial charge in [-0.25, -0.2) is 4.98 Å². The molecule has 0 spiro atoms. The van der Waals surface area contributed by atoms with Crippen LogP contribution in [0.1, 0.15) is 0 Å². The quantitative estimate of drug-likeness (QED) is 0.861. The van der Waals surface area contributed by atoms with Gasteiger partial charge in [0, 0.05) is 36.4 Å². The number of aromatic nitrogens is 2. The van der Waals surface area contributed by atoms with E-state index in [9.17, 15) is 9.59 Å². The lowest BCUT2D eigenvalue weighted by Gasteiger charge is -2.26. The second-order valence-corrected chi connectivity index (χ2v) is 5.67. The van der Waals surface area contributed by atoms with Crippen molar-refractivity contribution in [3.63, 3.8) is 0 Å². The van der Waals surface area contributed by atoms with Gasteiger partial charge in [0.2, 0.25) is 11.8 Å². The van der Waals surface area contributed by atoms with Crippen molar-refractivity contribution in [1.82, 2.24) is 20.2 Å². The molecule has 1 aliphatic heterocycles. The average Bonchev–Trinajstić information content (AvgIpc) is 2.99. The minimum Gasteiger partial charge on any atom is -0.331 e. The number of nitrogens with one attached hydrogen (secondary N) is 2. The zero-order valence-electron chi connectivity index (χ0n) is 11.8. The molecular formula is C14H15N5O2S. The summed E-state index contributed by atoms with van der Waals surface area (Å²) in [5.41, 5.74) is 0.956. The van der Waals surface area contributed by atoms with E-state index in [-0.39, 0.29) is 24.9 Å². The van der Waals surface area contributed by atoms with Crippen molar-refractivity contribution in [2.24, 2.45) is 0 Å². The molecule has 0 saturated carbocycles. The number of nitrogens with zero attached hydrogens (tertiary/aromatic N) is 3. The minimum atomic E-state index is -0.234. The highest BCUT2D eigenvalue weighted by atomic mass is 32.1. The monoisotopic (exact) mass is 317 g/mol. The number of carbonyl (C=O) groups excluding carboxylic acids is 2. The topological polar surface area (TPSA) is 87.2 Å². The predicted octanol–water partition coefficient (Wildman–Crippen LogP) is 0.575. The number of hydrogen-bond acceptors (Lipinski definition) is 6. The first-order valence-electron chi connectivity index (χ1n) is 6.86. The molecule has 0 aromatic carbocycles. The third kappa shape index (κ3) is 3.46. The summed E-state index contributed by atoms with van der Waals surface area (Å²) in [4.78, 5) is 33.5. The summed E-state index contributed by atoms with van der Waals surface area (Å²) in [6.45, 7) is 1.60. The Kier molecular flexibility index (Phi) is 4.40. The Labute approximate surface area is 131 Å². The zero-order chi connectivity index (χ0) is 15.4. The third-order valence-corrected chi connectivity index (χ3v) is 4.11. The zero-order valence-corrected chi connectivity index (χ0v) is 12.6. The molecule has 22 heavy (non-hydrogen) atoms.